The van der Waals surface area contributed by atoms with E-state index in [1.807, 2.05) is 0 Å². The first-order valence-electron chi connectivity index (χ1n) is 6.97. The molecular formula is C16H17NO6. The third kappa shape index (κ3) is 3.68. The van der Waals surface area contributed by atoms with Gasteiger partial charge in [-0.1, -0.05) is 0 Å². The van der Waals surface area contributed by atoms with Gasteiger partial charge < -0.3 is 18.5 Å². The predicted molar refractivity (Wildman–Crippen MR) is 78.7 cm³/mol. The van der Waals surface area contributed by atoms with Crippen LogP contribution in [0.15, 0.2) is 41.1 Å². The maximum absolute atomic E-state index is 12.3. The average molecular weight is 319 g/mol. The summed E-state index contributed by atoms with van der Waals surface area (Å²) in [7, 11) is 2.42. The van der Waals surface area contributed by atoms with Crippen molar-refractivity contribution in [3.63, 3.8) is 0 Å². The molecule has 0 amide bonds. The molecule has 122 valence electrons. The molecule has 0 aromatic carbocycles. The minimum atomic E-state index is -1.03. The third-order valence-corrected chi connectivity index (χ3v) is 3.44. The van der Waals surface area contributed by atoms with Gasteiger partial charge in [0.1, 0.15) is 0 Å². The van der Waals surface area contributed by atoms with Crippen LogP contribution >= 0.6 is 0 Å². The van der Waals surface area contributed by atoms with E-state index >= 15 is 0 Å². The fraction of sp³-hybridized carbons (Fsp3) is 0.312. The summed E-state index contributed by atoms with van der Waals surface area (Å²) < 4.78 is 16.0. The van der Waals surface area contributed by atoms with Gasteiger partial charge in [0.15, 0.2) is 11.7 Å². The van der Waals surface area contributed by atoms with E-state index in [1.165, 1.54) is 20.5 Å². The van der Waals surface area contributed by atoms with Gasteiger partial charge in [-0.25, -0.2) is 0 Å². The Kier molecular flexibility index (Phi) is 5.35. The zero-order valence-corrected chi connectivity index (χ0v) is 12.9. The molecule has 0 N–H and O–H groups in total. The van der Waals surface area contributed by atoms with Gasteiger partial charge in [-0.3, -0.25) is 14.4 Å². The molecule has 0 spiro atoms. The van der Waals surface area contributed by atoms with Crippen molar-refractivity contribution in [2.75, 3.05) is 14.2 Å². The zero-order valence-electron chi connectivity index (χ0n) is 12.9. The van der Waals surface area contributed by atoms with Crippen LogP contribution in [-0.4, -0.2) is 36.5 Å². The monoisotopic (exact) mass is 319 g/mol. The molecule has 0 fully saturated rings. The van der Waals surface area contributed by atoms with Crippen LogP contribution in [0.5, 0.6) is 0 Å². The number of rotatable bonds is 7. The van der Waals surface area contributed by atoms with Crippen molar-refractivity contribution in [3.8, 4) is 0 Å². The van der Waals surface area contributed by atoms with Crippen molar-refractivity contribution in [3.05, 3.63) is 48.2 Å². The number of nitrogens with zero attached hydrogens (tertiary/aromatic N) is 1. The van der Waals surface area contributed by atoms with Crippen molar-refractivity contribution >= 4 is 17.7 Å². The van der Waals surface area contributed by atoms with Gasteiger partial charge in [0.2, 0.25) is 5.78 Å². The molecule has 2 aromatic rings. The van der Waals surface area contributed by atoms with Gasteiger partial charge in [-0.15, -0.1) is 0 Å². The van der Waals surface area contributed by atoms with E-state index in [1.54, 1.807) is 35.0 Å². The minimum Gasteiger partial charge on any atom is -0.468 e. The fourth-order valence-electron chi connectivity index (χ4n) is 2.23. The van der Waals surface area contributed by atoms with Crippen molar-refractivity contribution in [1.29, 1.82) is 0 Å². The number of hydrogen-bond acceptors (Lipinski definition) is 6. The molecule has 0 aliphatic heterocycles. The van der Waals surface area contributed by atoms with Gasteiger partial charge in [0.25, 0.3) is 0 Å². The second-order valence-corrected chi connectivity index (χ2v) is 4.78. The van der Waals surface area contributed by atoms with Crippen LogP contribution in [0, 0.1) is 5.92 Å². The number of carbonyl (C=O) groups is 3. The van der Waals surface area contributed by atoms with E-state index in [0.717, 1.165) is 0 Å². The van der Waals surface area contributed by atoms with Gasteiger partial charge in [0, 0.05) is 12.7 Å². The molecule has 7 nitrogen and oxygen atoms in total. The lowest BCUT2D eigenvalue weighted by Crippen LogP contribution is -2.28. The number of furan rings is 1. The summed E-state index contributed by atoms with van der Waals surface area (Å²) in [5.41, 5.74) is 0.411. The second-order valence-electron chi connectivity index (χ2n) is 4.78. The lowest BCUT2D eigenvalue weighted by molar-refractivity contribution is -0.159. The average Bonchev–Trinajstić information content (AvgIpc) is 3.25. The predicted octanol–water partition coefficient (Wildman–Crippen LogP) is 1.66. The Morgan fingerprint density at radius 3 is 2.39 bits per heavy atom. The highest BCUT2D eigenvalue weighted by atomic mass is 16.5. The number of aromatic nitrogens is 1. The van der Waals surface area contributed by atoms with Crippen LogP contribution in [-0.2, 0) is 25.6 Å². The van der Waals surface area contributed by atoms with E-state index < -0.39 is 17.9 Å². The molecule has 0 saturated carbocycles. The van der Waals surface area contributed by atoms with E-state index in [2.05, 4.69) is 9.47 Å². The Bertz CT molecular complexity index is 669. The maximum Gasteiger partial charge on any atom is 0.320 e. The summed E-state index contributed by atoms with van der Waals surface area (Å²) in [6.07, 6.45) is 3.28. The Morgan fingerprint density at radius 1 is 1.13 bits per heavy atom. The fourth-order valence-corrected chi connectivity index (χ4v) is 2.23. The smallest absolute Gasteiger partial charge is 0.320 e. The normalized spacial score (nSPS) is 10.6. The summed E-state index contributed by atoms with van der Waals surface area (Å²) >= 11 is 0. The lowest BCUT2D eigenvalue weighted by atomic mass is 10.1. The highest BCUT2D eigenvalue weighted by molar-refractivity contribution is 6.06. The number of hydrogen-bond donors (Lipinski definition) is 0. The Balaban J connectivity index is 2.12. The van der Waals surface area contributed by atoms with E-state index in [-0.39, 0.29) is 24.5 Å². The third-order valence-electron chi connectivity index (χ3n) is 3.44. The quantitative estimate of drug-likeness (QED) is 0.438. The second kappa shape index (κ2) is 7.44. The Morgan fingerprint density at radius 2 is 1.83 bits per heavy atom. The standard InChI is InChI=1S/C16H17NO6/c1-21-15(19)11(16(20)22-2)7-9-17-8-3-5-12(17)14(18)13-6-4-10-23-13/h3-6,8,10-11H,7,9H2,1-2H3. The summed E-state index contributed by atoms with van der Waals surface area (Å²) in [5, 5.41) is 0. The molecule has 7 heteroatoms. The van der Waals surface area contributed by atoms with E-state index in [4.69, 9.17) is 4.42 Å². The number of ether oxygens (including phenoxy) is 2. The molecule has 23 heavy (non-hydrogen) atoms. The van der Waals surface area contributed by atoms with Crippen LogP contribution in [0.25, 0.3) is 0 Å². The lowest BCUT2D eigenvalue weighted by Gasteiger charge is -2.14. The largest absolute Gasteiger partial charge is 0.468 e. The molecule has 0 saturated heterocycles. The van der Waals surface area contributed by atoms with Crippen molar-refractivity contribution in [1.82, 2.24) is 4.57 Å². The first kappa shape index (κ1) is 16.5. The zero-order chi connectivity index (χ0) is 16.8. The van der Waals surface area contributed by atoms with E-state index in [9.17, 15) is 14.4 Å². The first-order chi connectivity index (χ1) is 11.1. The maximum atomic E-state index is 12.3. The Hall–Kier alpha value is -2.83. The molecule has 2 rings (SSSR count). The molecule has 0 bridgehead atoms. The van der Waals surface area contributed by atoms with Crippen LogP contribution in [0.1, 0.15) is 22.7 Å². The number of aryl methyl sites for hydroxylation is 1. The van der Waals surface area contributed by atoms with Crippen LogP contribution in [0.3, 0.4) is 0 Å². The van der Waals surface area contributed by atoms with E-state index in [0.29, 0.717) is 5.69 Å². The van der Waals surface area contributed by atoms with Crippen LogP contribution in [0.4, 0.5) is 0 Å². The molecule has 0 atom stereocenters. The van der Waals surface area contributed by atoms with Crippen LogP contribution < -0.4 is 0 Å². The summed E-state index contributed by atoms with van der Waals surface area (Å²) in [6.45, 7) is 0.281. The number of esters is 2. The van der Waals surface area contributed by atoms with Gasteiger partial charge in [-0.2, -0.15) is 0 Å². The van der Waals surface area contributed by atoms with Crippen molar-refractivity contribution < 1.29 is 28.3 Å². The molecule has 2 heterocycles. The van der Waals surface area contributed by atoms with Gasteiger partial charge in [-0.05, 0) is 30.7 Å². The summed E-state index contributed by atoms with van der Waals surface area (Å²) in [6, 6.07) is 6.56. The number of carbonyl (C=O) groups excluding carboxylic acids is 3. The Labute approximate surface area is 132 Å². The highest BCUT2D eigenvalue weighted by Gasteiger charge is 2.28. The minimum absolute atomic E-state index is 0.159. The number of ketones is 1. The summed E-state index contributed by atoms with van der Waals surface area (Å²) in [5.74, 6) is -2.40. The van der Waals surface area contributed by atoms with Crippen LogP contribution in [0.2, 0.25) is 0 Å². The molecule has 2 aromatic heterocycles. The first-order valence-corrected chi connectivity index (χ1v) is 6.97. The van der Waals surface area contributed by atoms with Gasteiger partial charge >= 0.3 is 11.9 Å². The molecule has 0 unspecified atom stereocenters. The van der Waals surface area contributed by atoms with Crippen molar-refractivity contribution in [2.45, 2.75) is 13.0 Å². The van der Waals surface area contributed by atoms with Gasteiger partial charge in [0.05, 0.1) is 26.2 Å². The molecule has 0 aliphatic carbocycles. The SMILES string of the molecule is COC(=O)C(CCn1cccc1C(=O)c1ccco1)C(=O)OC. The number of methoxy groups -OCH3 is 2. The molecule has 0 aliphatic rings. The molecule has 0 radical (unpaired) electrons. The summed E-state index contributed by atoms with van der Waals surface area (Å²) in [4.78, 5) is 35.6. The highest BCUT2D eigenvalue weighted by Crippen LogP contribution is 2.15. The topological polar surface area (TPSA) is 87.7 Å². The molecular weight excluding hydrogens is 302 g/mol. The van der Waals surface area contributed by atoms with Crippen molar-refractivity contribution in [2.24, 2.45) is 5.92 Å².